The van der Waals surface area contributed by atoms with Gasteiger partial charge in [0.25, 0.3) is 0 Å². The monoisotopic (exact) mass is 340 g/mol. The molecule has 6 heteroatoms. The van der Waals surface area contributed by atoms with Crippen molar-refractivity contribution in [3.05, 3.63) is 29.0 Å². The van der Waals surface area contributed by atoms with Crippen LogP contribution in [-0.4, -0.2) is 29.8 Å². The number of carbonyl (C=O) groups excluding carboxylic acids is 2. The first kappa shape index (κ1) is 17.7. The Morgan fingerprint density at radius 1 is 1.39 bits per heavy atom. The van der Waals surface area contributed by atoms with Crippen molar-refractivity contribution in [3.8, 4) is 0 Å². The number of halogens is 2. The second-order valence-electron chi connectivity index (χ2n) is 6.03. The maximum absolute atomic E-state index is 13.1. The molecule has 0 unspecified atom stereocenters. The Morgan fingerprint density at radius 3 is 2.61 bits per heavy atom. The molecule has 1 fully saturated rings. The van der Waals surface area contributed by atoms with Crippen molar-refractivity contribution in [2.24, 2.45) is 11.8 Å². The lowest BCUT2D eigenvalue weighted by Crippen LogP contribution is -2.43. The molecule has 0 radical (unpaired) electrons. The first-order chi connectivity index (χ1) is 10.9. The van der Waals surface area contributed by atoms with E-state index in [9.17, 15) is 14.0 Å². The summed E-state index contributed by atoms with van der Waals surface area (Å²) in [5.74, 6) is -0.567. The number of anilines is 1. The molecule has 4 nitrogen and oxygen atoms in total. The van der Waals surface area contributed by atoms with E-state index in [-0.39, 0.29) is 28.7 Å². The van der Waals surface area contributed by atoms with Crippen LogP contribution < -0.4 is 5.32 Å². The van der Waals surface area contributed by atoms with Gasteiger partial charge in [0.05, 0.1) is 5.02 Å². The number of nitrogens with zero attached hydrogens (tertiary/aromatic N) is 1. The number of benzene rings is 1. The van der Waals surface area contributed by atoms with Gasteiger partial charge in [0.1, 0.15) is 5.82 Å². The van der Waals surface area contributed by atoms with Gasteiger partial charge in [-0.25, -0.2) is 4.39 Å². The number of nitrogens with one attached hydrogen (secondary N) is 1. The summed E-state index contributed by atoms with van der Waals surface area (Å²) in [5.41, 5.74) is 0.486. The molecule has 1 atom stereocenters. The SMILES string of the molecule is CC[C@@H](C)C(=O)N1CCC(C(=O)Nc2ccc(F)c(Cl)c2)CC1. The van der Waals surface area contributed by atoms with E-state index in [1.165, 1.54) is 18.2 Å². The van der Waals surface area contributed by atoms with E-state index in [0.717, 1.165) is 6.42 Å². The van der Waals surface area contributed by atoms with Crippen LogP contribution in [0, 0.1) is 17.7 Å². The molecule has 0 bridgehead atoms. The van der Waals surface area contributed by atoms with Crippen LogP contribution in [-0.2, 0) is 9.59 Å². The summed E-state index contributed by atoms with van der Waals surface area (Å²) in [4.78, 5) is 26.3. The quantitative estimate of drug-likeness (QED) is 0.908. The lowest BCUT2D eigenvalue weighted by atomic mass is 9.94. The molecule has 1 heterocycles. The lowest BCUT2D eigenvalue weighted by Gasteiger charge is -2.32. The number of rotatable bonds is 4. The third-order valence-corrected chi connectivity index (χ3v) is 4.69. The van der Waals surface area contributed by atoms with Crippen LogP contribution in [0.2, 0.25) is 5.02 Å². The predicted octanol–water partition coefficient (Wildman–Crippen LogP) is 3.70. The van der Waals surface area contributed by atoms with Crippen molar-refractivity contribution in [2.45, 2.75) is 33.1 Å². The van der Waals surface area contributed by atoms with Crippen LogP contribution >= 0.6 is 11.6 Å². The van der Waals surface area contributed by atoms with E-state index in [1.807, 2.05) is 18.7 Å². The Balaban J connectivity index is 1.88. The zero-order valence-corrected chi connectivity index (χ0v) is 14.2. The van der Waals surface area contributed by atoms with Gasteiger partial charge in [-0.2, -0.15) is 0 Å². The minimum Gasteiger partial charge on any atom is -0.342 e. The highest BCUT2D eigenvalue weighted by atomic mass is 35.5. The Labute approximate surface area is 141 Å². The summed E-state index contributed by atoms with van der Waals surface area (Å²) in [7, 11) is 0. The Hall–Kier alpha value is -1.62. The number of hydrogen-bond donors (Lipinski definition) is 1. The average Bonchev–Trinajstić information content (AvgIpc) is 2.57. The van der Waals surface area contributed by atoms with Crippen molar-refractivity contribution in [1.82, 2.24) is 4.90 Å². The van der Waals surface area contributed by atoms with E-state index in [2.05, 4.69) is 5.32 Å². The smallest absolute Gasteiger partial charge is 0.227 e. The fourth-order valence-electron chi connectivity index (χ4n) is 2.67. The minimum atomic E-state index is -0.512. The molecular formula is C17H22ClFN2O2. The second-order valence-corrected chi connectivity index (χ2v) is 6.43. The van der Waals surface area contributed by atoms with Crippen molar-refractivity contribution in [3.63, 3.8) is 0 Å². The lowest BCUT2D eigenvalue weighted by molar-refractivity contribution is -0.138. The molecule has 1 saturated heterocycles. The van der Waals surface area contributed by atoms with Crippen molar-refractivity contribution in [2.75, 3.05) is 18.4 Å². The first-order valence-corrected chi connectivity index (χ1v) is 8.34. The zero-order chi connectivity index (χ0) is 17.0. The predicted molar refractivity (Wildman–Crippen MR) is 88.8 cm³/mol. The van der Waals surface area contributed by atoms with Gasteiger partial charge in [-0.05, 0) is 37.5 Å². The van der Waals surface area contributed by atoms with Gasteiger partial charge < -0.3 is 10.2 Å². The van der Waals surface area contributed by atoms with Gasteiger partial charge >= 0.3 is 0 Å². The van der Waals surface area contributed by atoms with E-state index < -0.39 is 5.82 Å². The Morgan fingerprint density at radius 2 is 2.04 bits per heavy atom. The van der Waals surface area contributed by atoms with E-state index in [0.29, 0.717) is 31.6 Å². The van der Waals surface area contributed by atoms with Gasteiger partial charge in [0.2, 0.25) is 11.8 Å². The molecule has 1 N–H and O–H groups in total. The Kier molecular flexibility index (Phi) is 5.99. The molecule has 0 saturated carbocycles. The standard InChI is InChI=1S/C17H22ClFN2O2/c1-3-11(2)17(23)21-8-6-12(7-9-21)16(22)20-13-4-5-15(19)14(18)10-13/h4-5,10-12H,3,6-9H2,1-2H3,(H,20,22)/t11-/m1/s1. The summed E-state index contributed by atoms with van der Waals surface area (Å²) >= 11 is 5.71. The van der Waals surface area contributed by atoms with Gasteiger partial charge in [0, 0.05) is 30.6 Å². The highest BCUT2D eigenvalue weighted by molar-refractivity contribution is 6.31. The summed E-state index contributed by atoms with van der Waals surface area (Å²) < 4.78 is 13.1. The number of hydrogen-bond acceptors (Lipinski definition) is 2. The summed E-state index contributed by atoms with van der Waals surface area (Å²) in [6.07, 6.45) is 2.11. The number of carbonyl (C=O) groups is 2. The topological polar surface area (TPSA) is 49.4 Å². The molecule has 1 aliphatic rings. The summed E-state index contributed by atoms with van der Waals surface area (Å²) in [6.45, 7) is 5.13. The highest BCUT2D eigenvalue weighted by Crippen LogP contribution is 2.23. The molecule has 1 aliphatic heterocycles. The van der Waals surface area contributed by atoms with Gasteiger partial charge in [-0.3, -0.25) is 9.59 Å². The molecule has 1 aromatic rings. The van der Waals surface area contributed by atoms with Crippen LogP contribution in [0.25, 0.3) is 0 Å². The molecule has 1 aromatic carbocycles. The van der Waals surface area contributed by atoms with Crippen LogP contribution in [0.5, 0.6) is 0 Å². The maximum atomic E-state index is 13.1. The van der Waals surface area contributed by atoms with Gasteiger partial charge in [0.15, 0.2) is 0 Å². The summed E-state index contributed by atoms with van der Waals surface area (Å²) in [6, 6.07) is 4.11. The number of amides is 2. The van der Waals surface area contributed by atoms with Crippen LogP contribution in [0.4, 0.5) is 10.1 Å². The van der Waals surface area contributed by atoms with E-state index in [1.54, 1.807) is 0 Å². The second kappa shape index (κ2) is 7.77. The molecule has 0 aromatic heterocycles. The molecule has 2 rings (SSSR count). The molecule has 126 valence electrons. The molecule has 0 spiro atoms. The van der Waals surface area contributed by atoms with Crippen LogP contribution in [0.15, 0.2) is 18.2 Å². The molecule has 23 heavy (non-hydrogen) atoms. The first-order valence-electron chi connectivity index (χ1n) is 7.97. The Bertz CT molecular complexity index is 586. The third kappa shape index (κ3) is 4.44. The maximum Gasteiger partial charge on any atom is 0.227 e. The molecular weight excluding hydrogens is 319 g/mol. The largest absolute Gasteiger partial charge is 0.342 e. The van der Waals surface area contributed by atoms with Crippen molar-refractivity contribution in [1.29, 1.82) is 0 Å². The zero-order valence-electron chi connectivity index (χ0n) is 13.4. The highest BCUT2D eigenvalue weighted by Gasteiger charge is 2.28. The summed E-state index contributed by atoms with van der Waals surface area (Å²) in [5, 5.41) is 2.75. The van der Waals surface area contributed by atoms with Crippen LogP contribution in [0.1, 0.15) is 33.1 Å². The normalized spacial score (nSPS) is 17.0. The third-order valence-electron chi connectivity index (χ3n) is 4.40. The number of piperidine rings is 1. The fraction of sp³-hybridized carbons (Fsp3) is 0.529. The van der Waals surface area contributed by atoms with E-state index in [4.69, 9.17) is 11.6 Å². The fourth-order valence-corrected chi connectivity index (χ4v) is 2.85. The van der Waals surface area contributed by atoms with E-state index >= 15 is 0 Å². The molecule has 2 amide bonds. The van der Waals surface area contributed by atoms with Crippen LogP contribution in [0.3, 0.4) is 0 Å². The van der Waals surface area contributed by atoms with Gasteiger partial charge in [-0.15, -0.1) is 0 Å². The molecule has 0 aliphatic carbocycles. The average molecular weight is 341 g/mol. The van der Waals surface area contributed by atoms with Crippen molar-refractivity contribution < 1.29 is 14.0 Å². The minimum absolute atomic E-state index is 0.0169. The number of likely N-dealkylation sites (tertiary alicyclic amines) is 1. The van der Waals surface area contributed by atoms with Crippen molar-refractivity contribution >= 4 is 29.1 Å². The van der Waals surface area contributed by atoms with Gasteiger partial charge in [-0.1, -0.05) is 25.4 Å².